The van der Waals surface area contributed by atoms with Crippen LogP contribution in [0.3, 0.4) is 0 Å². The van der Waals surface area contributed by atoms with Crippen molar-refractivity contribution >= 4 is 22.3 Å². The van der Waals surface area contributed by atoms with E-state index in [9.17, 15) is 4.79 Å². The summed E-state index contributed by atoms with van der Waals surface area (Å²) in [6.45, 7) is 6.72. The van der Waals surface area contributed by atoms with Crippen molar-refractivity contribution in [3.8, 4) is 5.75 Å². The molecule has 0 saturated carbocycles. The van der Waals surface area contributed by atoms with E-state index in [0.29, 0.717) is 12.1 Å². The van der Waals surface area contributed by atoms with E-state index in [4.69, 9.17) is 4.74 Å². The van der Waals surface area contributed by atoms with Gasteiger partial charge >= 0.3 is 0 Å². The lowest BCUT2D eigenvalue weighted by Gasteiger charge is -2.18. The third kappa shape index (κ3) is 4.51. The highest BCUT2D eigenvalue weighted by atomic mass is 16.5. The largest absolute Gasteiger partial charge is 0.497 e. The van der Waals surface area contributed by atoms with Gasteiger partial charge in [-0.1, -0.05) is 67.2 Å². The first-order valence-corrected chi connectivity index (χ1v) is 10.8. The van der Waals surface area contributed by atoms with Gasteiger partial charge in [0.1, 0.15) is 5.75 Å². The molecule has 4 heteroatoms. The van der Waals surface area contributed by atoms with Gasteiger partial charge in [-0.15, -0.1) is 0 Å². The van der Waals surface area contributed by atoms with Crippen molar-refractivity contribution in [2.75, 3.05) is 13.7 Å². The van der Waals surface area contributed by atoms with Crippen LogP contribution in [0.15, 0.2) is 85.6 Å². The number of hydrogen-bond donors (Lipinski definition) is 2. The Morgan fingerprint density at radius 1 is 1.00 bits per heavy atom. The van der Waals surface area contributed by atoms with Crippen LogP contribution in [0.25, 0.3) is 16.5 Å². The molecule has 0 radical (unpaired) electrons. The fourth-order valence-electron chi connectivity index (χ4n) is 4.03. The number of aromatic amines is 1. The van der Waals surface area contributed by atoms with E-state index in [2.05, 4.69) is 29.0 Å². The Balaban J connectivity index is 1.59. The molecule has 0 bridgehead atoms. The number of carbonyl (C=O) groups is 1. The summed E-state index contributed by atoms with van der Waals surface area (Å²) < 4.78 is 5.23. The fraction of sp³-hybridized carbons (Fsp3) is 0.179. The Bertz CT molecular complexity index is 1220. The number of H-pyrrole nitrogens is 1. The molecule has 1 heterocycles. The Morgan fingerprint density at radius 2 is 1.75 bits per heavy atom. The number of nitrogens with one attached hydrogen (secondary N) is 2. The van der Waals surface area contributed by atoms with E-state index in [1.165, 1.54) is 5.56 Å². The highest BCUT2D eigenvalue weighted by Gasteiger charge is 2.24. The topological polar surface area (TPSA) is 54.1 Å². The minimum Gasteiger partial charge on any atom is -0.497 e. The van der Waals surface area contributed by atoms with Gasteiger partial charge in [0.05, 0.1) is 18.7 Å². The summed E-state index contributed by atoms with van der Waals surface area (Å²) in [5.41, 5.74) is 5.79. The van der Waals surface area contributed by atoms with Gasteiger partial charge in [0.25, 0.3) is 0 Å². The quantitative estimate of drug-likeness (QED) is 0.326. The van der Waals surface area contributed by atoms with Crippen LogP contribution in [-0.4, -0.2) is 24.4 Å². The van der Waals surface area contributed by atoms with Crippen molar-refractivity contribution in [3.63, 3.8) is 0 Å². The zero-order chi connectivity index (χ0) is 22.5. The van der Waals surface area contributed by atoms with Crippen molar-refractivity contribution in [2.24, 2.45) is 0 Å². The summed E-state index contributed by atoms with van der Waals surface area (Å²) in [4.78, 5) is 17.0. The predicted octanol–water partition coefficient (Wildman–Crippen LogP) is 5.97. The molecule has 0 saturated heterocycles. The molecule has 1 aromatic heterocycles. The fourth-order valence-corrected chi connectivity index (χ4v) is 4.03. The van der Waals surface area contributed by atoms with Crippen molar-refractivity contribution in [1.82, 2.24) is 10.3 Å². The van der Waals surface area contributed by atoms with Crippen LogP contribution >= 0.6 is 0 Å². The van der Waals surface area contributed by atoms with E-state index in [1.54, 1.807) is 7.11 Å². The first kappa shape index (κ1) is 21.6. The number of carbonyl (C=O) groups excluding carboxylic acids is 1. The predicted molar refractivity (Wildman–Crippen MR) is 131 cm³/mol. The third-order valence-electron chi connectivity index (χ3n) is 5.76. The zero-order valence-electron chi connectivity index (χ0n) is 18.5. The molecule has 0 spiro atoms. The normalized spacial score (nSPS) is 11.9. The molecule has 0 aliphatic rings. The maximum atomic E-state index is 13.7. The van der Waals surface area contributed by atoms with E-state index in [-0.39, 0.29) is 5.78 Å². The lowest BCUT2D eigenvalue weighted by atomic mass is 9.95. The van der Waals surface area contributed by atoms with Gasteiger partial charge in [-0.3, -0.25) is 4.79 Å². The number of ether oxygens (including phenoxy) is 1. The van der Waals surface area contributed by atoms with Gasteiger partial charge in [-0.2, -0.15) is 0 Å². The van der Waals surface area contributed by atoms with Gasteiger partial charge < -0.3 is 15.0 Å². The zero-order valence-corrected chi connectivity index (χ0v) is 18.5. The molecule has 4 aromatic rings. The maximum Gasteiger partial charge on any atom is 0.186 e. The summed E-state index contributed by atoms with van der Waals surface area (Å²) in [5.74, 6) is 0.892. The minimum absolute atomic E-state index is 0.0519. The average Bonchev–Trinajstić information content (AvgIpc) is 3.26. The monoisotopic (exact) mass is 424 g/mol. The number of rotatable bonds is 9. The Morgan fingerprint density at radius 3 is 2.44 bits per heavy atom. The number of allylic oxidation sites excluding steroid dienone is 1. The number of methoxy groups -OCH3 is 1. The number of para-hydroxylation sites is 1. The molecule has 3 aromatic carbocycles. The summed E-state index contributed by atoms with van der Waals surface area (Å²) in [6, 6.07) is 23.5. The van der Waals surface area contributed by atoms with Crippen molar-refractivity contribution in [1.29, 1.82) is 0 Å². The van der Waals surface area contributed by atoms with Crippen molar-refractivity contribution in [3.05, 3.63) is 108 Å². The lowest BCUT2D eigenvalue weighted by molar-refractivity contribution is 0.0945. The van der Waals surface area contributed by atoms with Crippen LogP contribution in [-0.2, 0) is 6.42 Å². The van der Waals surface area contributed by atoms with E-state index < -0.39 is 6.04 Å². The highest BCUT2D eigenvalue weighted by molar-refractivity contribution is 6.12. The Hall–Kier alpha value is -3.63. The molecular formula is C28H28N2O2. The first-order valence-electron chi connectivity index (χ1n) is 10.8. The smallest absolute Gasteiger partial charge is 0.186 e. The third-order valence-corrected chi connectivity index (χ3v) is 5.76. The Kier molecular flexibility index (Phi) is 6.52. The second kappa shape index (κ2) is 9.67. The van der Waals surface area contributed by atoms with Crippen molar-refractivity contribution in [2.45, 2.75) is 19.4 Å². The first-order chi connectivity index (χ1) is 15.6. The summed E-state index contributed by atoms with van der Waals surface area (Å²) in [7, 11) is 1.66. The molecule has 4 nitrogen and oxygen atoms in total. The summed E-state index contributed by atoms with van der Waals surface area (Å²) in [6.07, 6.45) is 2.63. The molecule has 32 heavy (non-hydrogen) atoms. The van der Waals surface area contributed by atoms with Crippen LogP contribution < -0.4 is 10.1 Å². The molecule has 0 fully saturated rings. The lowest BCUT2D eigenvalue weighted by Crippen LogP contribution is -2.30. The van der Waals surface area contributed by atoms with Crippen LogP contribution in [0.2, 0.25) is 0 Å². The minimum atomic E-state index is -0.429. The molecule has 0 aliphatic carbocycles. The molecule has 162 valence electrons. The molecular weight excluding hydrogens is 396 g/mol. The van der Waals surface area contributed by atoms with Crippen molar-refractivity contribution < 1.29 is 9.53 Å². The highest BCUT2D eigenvalue weighted by Crippen LogP contribution is 2.29. The van der Waals surface area contributed by atoms with Gasteiger partial charge in [0.2, 0.25) is 0 Å². The van der Waals surface area contributed by atoms with Gasteiger partial charge in [0, 0.05) is 29.3 Å². The molecule has 0 amide bonds. The average molecular weight is 425 g/mol. The molecule has 0 aliphatic heterocycles. The SMILES string of the molecule is C=C(C)c1cccc2c(C(=O)C(NCCc3ccc(OC)cc3)c3ccccc3)c[nH]c12. The number of ketones is 1. The maximum absolute atomic E-state index is 13.7. The number of aromatic nitrogens is 1. The summed E-state index contributed by atoms with van der Waals surface area (Å²) >= 11 is 0. The van der Waals surface area contributed by atoms with Crippen LogP contribution in [0, 0.1) is 0 Å². The molecule has 4 rings (SSSR count). The number of hydrogen-bond acceptors (Lipinski definition) is 3. The standard InChI is InChI=1S/C28H28N2O2/c1-19(2)23-10-7-11-24-25(18-30-27(23)24)28(31)26(21-8-5-4-6-9-21)29-17-16-20-12-14-22(32-3)15-13-20/h4-15,18,26,29-30H,1,16-17H2,2-3H3. The Labute approximate surface area is 188 Å². The van der Waals surface area contributed by atoms with Gasteiger partial charge in [-0.25, -0.2) is 0 Å². The molecule has 2 N–H and O–H groups in total. The van der Waals surface area contributed by atoms with E-state index in [1.807, 2.05) is 73.8 Å². The van der Waals surface area contributed by atoms with Crippen LogP contribution in [0.4, 0.5) is 0 Å². The van der Waals surface area contributed by atoms with Gasteiger partial charge in [-0.05, 0) is 42.2 Å². The van der Waals surface area contributed by atoms with E-state index >= 15 is 0 Å². The van der Waals surface area contributed by atoms with Crippen LogP contribution in [0.1, 0.15) is 40.0 Å². The molecule has 1 unspecified atom stereocenters. The van der Waals surface area contributed by atoms with Gasteiger partial charge in [0.15, 0.2) is 5.78 Å². The van der Waals surface area contributed by atoms with Crippen LogP contribution in [0.5, 0.6) is 5.75 Å². The molecule has 1 atom stereocenters. The van der Waals surface area contributed by atoms with E-state index in [0.717, 1.165) is 39.8 Å². The summed E-state index contributed by atoms with van der Waals surface area (Å²) in [5, 5.41) is 4.42. The number of benzene rings is 3. The number of Topliss-reactive ketones (excluding diaryl/α,β-unsaturated/α-hetero) is 1. The second-order valence-corrected chi connectivity index (χ2v) is 7.97. The number of fused-ring (bicyclic) bond motifs is 1. The second-order valence-electron chi connectivity index (χ2n) is 7.97.